The molecule has 2 aromatic rings. The first-order chi connectivity index (χ1) is 8.34. The third-order valence-corrected chi connectivity index (χ3v) is 4.35. The quantitative estimate of drug-likeness (QED) is 0.899. The summed E-state index contributed by atoms with van der Waals surface area (Å²) in [7, 11) is 0. The van der Waals surface area contributed by atoms with E-state index < -0.39 is 0 Å². The summed E-state index contributed by atoms with van der Waals surface area (Å²) in [6, 6.07) is 4.83. The van der Waals surface area contributed by atoms with Gasteiger partial charge in [-0.1, -0.05) is 6.07 Å². The molecule has 0 amide bonds. The Hall–Kier alpha value is -1.13. The molecule has 1 atom stereocenters. The molecule has 0 aliphatic carbocycles. The lowest BCUT2D eigenvalue weighted by Crippen LogP contribution is -2.41. The topological polar surface area (TPSA) is 29.9 Å². The number of imidazole rings is 1. The van der Waals surface area contributed by atoms with Gasteiger partial charge in [-0.15, -0.1) is 11.3 Å². The van der Waals surface area contributed by atoms with Crippen molar-refractivity contribution in [3.8, 4) is 0 Å². The summed E-state index contributed by atoms with van der Waals surface area (Å²) in [6.07, 6.45) is 5.10. The highest BCUT2D eigenvalue weighted by Crippen LogP contribution is 2.25. The van der Waals surface area contributed by atoms with Gasteiger partial charge in [0.05, 0.1) is 6.33 Å². The molecule has 17 heavy (non-hydrogen) atoms. The summed E-state index contributed by atoms with van der Waals surface area (Å²) in [5, 5.41) is 5.47. The molecule has 0 saturated carbocycles. The molecule has 0 aromatic carbocycles. The Morgan fingerprint density at radius 1 is 1.59 bits per heavy atom. The van der Waals surface area contributed by atoms with Crippen LogP contribution in [0.15, 0.2) is 30.0 Å². The SMILES string of the molecule is CC(Cc1cccs1)n1cncc1C1CNC1. The Balaban J connectivity index is 1.76. The van der Waals surface area contributed by atoms with Crippen LogP contribution in [0.2, 0.25) is 0 Å². The fourth-order valence-corrected chi connectivity index (χ4v) is 3.14. The molecule has 1 fully saturated rings. The van der Waals surface area contributed by atoms with Crippen molar-refractivity contribution in [1.29, 1.82) is 0 Å². The van der Waals surface area contributed by atoms with Crippen molar-refractivity contribution in [1.82, 2.24) is 14.9 Å². The maximum absolute atomic E-state index is 4.31. The Morgan fingerprint density at radius 3 is 3.12 bits per heavy atom. The molecule has 3 rings (SSSR count). The minimum Gasteiger partial charge on any atom is -0.331 e. The van der Waals surface area contributed by atoms with Gasteiger partial charge in [-0.2, -0.15) is 0 Å². The van der Waals surface area contributed by atoms with Gasteiger partial charge in [-0.25, -0.2) is 4.98 Å². The Labute approximate surface area is 106 Å². The summed E-state index contributed by atoms with van der Waals surface area (Å²) in [6.45, 7) is 4.46. The van der Waals surface area contributed by atoms with Crippen LogP contribution in [0.25, 0.3) is 0 Å². The summed E-state index contributed by atoms with van der Waals surface area (Å²) >= 11 is 1.84. The van der Waals surface area contributed by atoms with Crippen molar-refractivity contribution in [2.24, 2.45) is 0 Å². The average Bonchev–Trinajstić information content (AvgIpc) is 2.85. The van der Waals surface area contributed by atoms with Crippen LogP contribution in [0.1, 0.15) is 29.5 Å². The van der Waals surface area contributed by atoms with E-state index in [2.05, 4.69) is 39.3 Å². The maximum Gasteiger partial charge on any atom is 0.0950 e. The van der Waals surface area contributed by atoms with Crippen molar-refractivity contribution < 1.29 is 0 Å². The van der Waals surface area contributed by atoms with Gasteiger partial charge < -0.3 is 9.88 Å². The van der Waals surface area contributed by atoms with Gasteiger partial charge in [0.25, 0.3) is 0 Å². The molecule has 3 nitrogen and oxygen atoms in total. The lowest BCUT2D eigenvalue weighted by molar-refractivity contribution is 0.407. The van der Waals surface area contributed by atoms with Crippen molar-refractivity contribution in [3.05, 3.63) is 40.6 Å². The van der Waals surface area contributed by atoms with Gasteiger partial charge in [-0.3, -0.25) is 0 Å². The molecule has 90 valence electrons. The minimum atomic E-state index is 0.492. The van der Waals surface area contributed by atoms with Gasteiger partial charge in [0.1, 0.15) is 0 Å². The van der Waals surface area contributed by atoms with E-state index in [0.29, 0.717) is 12.0 Å². The summed E-state index contributed by atoms with van der Waals surface area (Å²) in [5.74, 6) is 0.656. The van der Waals surface area contributed by atoms with Crippen LogP contribution in [-0.4, -0.2) is 22.6 Å². The minimum absolute atomic E-state index is 0.492. The molecule has 1 unspecified atom stereocenters. The highest BCUT2D eigenvalue weighted by atomic mass is 32.1. The number of hydrogen-bond donors (Lipinski definition) is 1. The lowest BCUT2D eigenvalue weighted by atomic mass is 9.99. The Bertz CT molecular complexity index is 471. The number of thiophene rings is 1. The van der Waals surface area contributed by atoms with Gasteiger partial charge in [-0.05, 0) is 18.4 Å². The Morgan fingerprint density at radius 2 is 2.47 bits per heavy atom. The first-order valence-corrected chi connectivity index (χ1v) is 6.97. The zero-order chi connectivity index (χ0) is 11.7. The maximum atomic E-state index is 4.31. The monoisotopic (exact) mass is 247 g/mol. The smallest absolute Gasteiger partial charge is 0.0950 e. The van der Waals surface area contributed by atoms with E-state index >= 15 is 0 Å². The van der Waals surface area contributed by atoms with E-state index in [1.54, 1.807) is 0 Å². The van der Waals surface area contributed by atoms with Gasteiger partial charge in [0.15, 0.2) is 0 Å². The molecule has 0 spiro atoms. The number of aromatic nitrogens is 2. The van der Waals surface area contributed by atoms with Gasteiger partial charge in [0, 0.05) is 48.2 Å². The van der Waals surface area contributed by atoms with Crippen LogP contribution in [-0.2, 0) is 6.42 Å². The Kier molecular flexibility index (Phi) is 2.99. The van der Waals surface area contributed by atoms with E-state index in [1.165, 1.54) is 10.6 Å². The fourth-order valence-electron chi connectivity index (χ4n) is 2.32. The second-order valence-electron chi connectivity index (χ2n) is 4.71. The molecule has 0 bridgehead atoms. The van der Waals surface area contributed by atoms with Crippen LogP contribution < -0.4 is 5.32 Å². The zero-order valence-corrected chi connectivity index (χ0v) is 10.8. The first kappa shape index (κ1) is 11.0. The second kappa shape index (κ2) is 4.63. The summed E-state index contributed by atoms with van der Waals surface area (Å²) < 4.78 is 2.34. The molecule has 4 heteroatoms. The van der Waals surface area contributed by atoms with Crippen LogP contribution in [0.5, 0.6) is 0 Å². The fraction of sp³-hybridized carbons (Fsp3) is 0.462. The number of nitrogens with one attached hydrogen (secondary N) is 1. The van der Waals surface area contributed by atoms with Crippen molar-refractivity contribution >= 4 is 11.3 Å². The van der Waals surface area contributed by atoms with E-state index in [4.69, 9.17) is 0 Å². The first-order valence-electron chi connectivity index (χ1n) is 6.09. The second-order valence-corrected chi connectivity index (χ2v) is 5.75. The molecule has 1 saturated heterocycles. The zero-order valence-electron chi connectivity index (χ0n) is 9.97. The standard InChI is InChI=1S/C13H17N3S/c1-10(5-12-3-2-4-17-12)16-9-15-8-13(16)11-6-14-7-11/h2-4,8-11,14H,5-7H2,1H3. The van der Waals surface area contributed by atoms with E-state index in [9.17, 15) is 0 Å². The van der Waals surface area contributed by atoms with E-state index in [0.717, 1.165) is 19.5 Å². The molecular formula is C13H17N3S. The van der Waals surface area contributed by atoms with Crippen LogP contribution >= 0.6 is 11.3 Å². The summed E-state index contributed by atoms with van der Waals surface area (Å²) in [5.41, 5.74) is 1.38. The van der Waals surface area contributed by atoms with Crippen molar-refractivity contribution in [2.75, 3.05) is 13.1 Å². The average molecular weight is 247 g/mol. The predicted octanol–water partition coefficient (Wildman–Crippen LogP) is 2.44. The third kappa shape index (κ3) is 2.15. The predicted molar refractivity (Wildman–Crippen MR) is 70.6 cm³/mol. The molecular weight excluding hydrogens is 230 g/mol. The lowest BCUT2D eigenvalue weighted by Gasteiger charge is -2.29. The van der Waals surface area contributed by atoms with Crippen LogP contribution in [0.4, 0.5) is 0 Å². The largest absolute Gasteiger partial charge is 0.331 e. The van der Waals surface area contributed by atoms with Crippen molar-refractivity contribution in [3.63, 3.8) is 0 Å². The van der Waals surface area contributed by atoms with E-state index in [1.807, 2.05) is 23.9 Å². The third-order valence-electron chi connectivity index (χ3n) is 3.45. The summed E-state index contributed by atoms with van der Waals surface area (Å²) in [4.78, 5) is 5.76. The molecule has 2 aromatic heterocycles. The van der Waals surface area contributed by atoms with E-state index in [-0.39, 0.29) is 0 Å². The molecule has 1 N–H and O–H groups in total. The van der Waals surface area contributed by atoms with Crippen molar-refractivity contribution in [2.45, 2.75) is 25.3 Å². The highest BCUT2D eigenvalue weighted by molar-refractivity contribution is 7.09. The van der Waals surface area contributed by atoms with Gasteiger partial charge >= 0.3 is 0 Å². The number of nitrogens with zero attached hydrogens (tertiary/aromatic N) is 2. The molecule has 3 heterocycles. The number of rotatable bonds is 4. The van der Waals surface area contributed by atoms with Crippen LogP contribution in [0, 0.1) is 0 Å². The number of hydrogen-bond acceptors (Lipinski definition) is 3. The molecule has 0 radical (unpaired) electrons. The van der Waals surface area contributed by atoms with Crippen LogP contribution in [0.3, 0.4) is 0 Å². The highest BCUT2D eigenvalue weighted by Gasteiger charge is 2.23. The molecule has 1 aliphatic heterocycles. The van der Waals surface area contributed by atoms with Gasteiger partial charge in [0.2, 0.25) is 0 Å². The normalized spacial score (nSPS) is 17.9. The molecule has 1 aliphatic rings.